The van der Waals surface area contributed by atoms with Crippen molar-refractivity contribution >= 4 is 11.7 Å². The number of hydrogen-bond donors (Lipinski definition) is 2. The van der Waals surface area contributed by atoms with Gasteiger partial charge in [-0.05, 0) is 27.7 Å². The van der Waals surface area contributed by atoms with Crippen LogP contribution in [0.15, 0.2) is 6.07 Å². The van der Waals surface area contributed by atoms with Gasteiger partial charge in [0.25, 0.3) is 0 Å². The highest BCUT2D eigenvalue weighted by Crippen LogP contribution is 2.21. The highest BCUT2D eigenvalue weighted by Gasteiger charge is 2.22. The van der Waals surface area contributed by atoms with Crippen molar-refractivity contribution in [3.8, 4) is 0 Å². The smallest absolute Gasteiger partial charge is 0.239 e. The maximum absolute atomic E-state index is 12.3. The first-order chi connectivity index (χ1) is 10.8. The third kappa shape index (κ3) is 5.02. The Balaban J connectivity index is 1.89. The molecule has 0 bridgehead atoms. The van der Waals surface area contributed by atoms with E-state index in [4.69, 9.17) is 5.11 Å². The summed E-state index contributed by atoms with van der Waals surface area (Å²) in [5.41, 5.74) is 0.722. The minimum absolute atomic E-state index is 0.00833. The molecule has 2 rings (SSSR count). The first-order valence-electron chi connectivity index (χ1n) is 8.22. The zero-order valence-electron chi connectivity index (χ0n) is 14.7. The fourth-order valence-electron chi connectivity index (χ4n) is 2.80. The number of carbonyl (C=O) groups is 1. The summed E-state index contributed by atoms with van der Waals surface area (Å²) in [6, 6.07) is 1.91. The average Bonchev–Trinajstić information content (AvgIpc) is 2.82. The van der Waals surface area contributed by atoms with Gasteiger partial charge in [0.05, 0.1) is 24.4 Å². The van der Waals surface area contributed by atoms with Gasteiger partial charge in [0, 0.05) is 38.8 Å². The molecule has 0 aliphatic carbocycles. The summed E-state index contributed by atoms with van der Waals surface area (Å²) in [6.07, 6.45) is 0. The number of hydrogen-bond acceptors (Lipinski definition) is 5. The van der Waals surface area contributed by atoms with Crippen molar-refractivity contribution in [3.05, 3.63) is 11.8 Å². The Kier molecular flexibility index (Phi) is 5.78. The van der Waals surface area contributed by atoms with Gasteiger partial charge in [-0.25, -0.2) is 4.68 Å². The standard InChI is InChI=1S/C16H29N5O2/c1-13-11-14(21(18-13)16(2,3)4)17-15(23)12-20-7-5-19(6-8-20)9-10-22/h11,22H,5-10,12H2,1-4H3,(H,17,23). The predicted molar refractivity (Wildman–Crippen MR) is 90.6 cm³/mol. The normalized spacial score (nSPS) is 17.4. The van der Waals surface area contributed by atoms with Crippen LogP contribution in [0.3, 0.4) is 0 Å². The van der Waals surface area contributed by atoms with Crippen LogP contribution < -0.4 is 5.32 Å². The molecular formula is C16H29N5O2. The molecule has 0 radical (unpaired) electrons. The van der Waals surface area contributed by atoms with Crippen molar-refractivity contribution < 1.29 is 9.90 Å². The molecule has 1 aromatic heterocycles. The Morgan fingerprint density at radius 2 is 1.87 bits per heavy atom. The summed E-state index contributed by atoms with van der Waals surface area (Å²) in [5.74, 6) is 0.741. The Labute approximate surface area is 138 Å². The molecule has 0 atom stereocenters. The number of nitrogens with one attached hydrogen (secondary N) is 1. The van der Waals surface area contributed by atoms with Crippen molar-refractivity contribution in [2.45, 2.75) is 33.2 Å². The molecule has 1 saturated heterocycles. The van der Waals surface area contributed by atoms with Gasteiger partial charge in [-0.1, -0.05) is 0 Å². The first-order valence-corrected chi connectivity index (χ1v) is 8.22. The summed E-state index contributed by atoms with van der Waals surface area (Å²) in [6.45, 7) is 12.9. The second-order valence-corrected chi connectivity index (χ2v) is 7.14. The highest BCUT2D eigenvalue weighted by atomic mass is 16.3. The summed E-state index contributed by atoms with van der Waals surface area (Å²) in [5, 5.41) is 16.4. The van der Waals surface area contributed by atoms with Crippen LogP contribution in [0.4, 0.5) is 5.82 Å². The second kappa shape index (κ2) is 7.42. The summed E-state index contributed by atoms with van der Waals surface area (Å²) in [7, 11) is 0. The van der Waals surface area contributed by atoms with E-state index >= 15 is 0 Å². The van der Waals surface area contributed by atoms with E-state index in [1.54, 1.807) is 0 Å². The van der Waals surface area contributed by atoms with E-state index in [0.29, 0.717) is 13.1 Å². The van der Waals surface area contributed by atoms with Gasteiger partial charge in [-0.2, -0.15) is 5.10 Å². The van der Waals surface area contributed by atoms with Crippen molar-refractivity contribution in [2.75, 3.05) is 51.2 Å². The third-order valence-electron chi connectivity index (χ3n) is 3.98. The van der Waals surface area contributed by atoms with E-state index < -0.39 is 0 Å². The lowest BCUT2D eigenvalue weighted by molar-refractivity contribution is -0.117. The molecule has 1 aliphatic rings. The lowest BCUT2D eigenvalue weighted by atomic mass is 10.1. The van der Waals surface area contributed by atoms with Crippen LogP contribution in [-0.4, -0.2) is 76.5 Å². The molecule has 0 saturated carbocycles. The molecule has 7 heteroatoms. The minimum Gasteiger partial charge on any atom is -0.395 e. The minimum atomic E-state index is -0.174. The summed E-state index contributed by atoms with van der Waals surface area (Å²) in [4.78, 5) is 16.7. The average molecular weight is 323 g/mol. The van der Waals surface area contributed by atoms with Gasteiger partial charge in [0.2, 0.25) is 5.91 Å². The van der Waals surface area contributed by atoms with E-state index in [1.165, 1.54) is 0 Å². The maximum atomic E-state index is 12.3. The fourth-order valence-corrected chi connectivity index (χ4v) is 2.80. The Bertz CT molecular complexity index is 527. The molecule has 0 unspecified atom stereocenters. The molecule has 1 fully saturated rings. The van der Waals surface area contributed by atoms with E-state index in [2.05, 4.69) is 41.0 Å². The molecule has 2 N–H and O–H groups in total. The zero-order chi connectivity index (χ0) is 17.0. The molecule has 0 spiro atoms. The third-order valence-corrected chi connectivity index (χ3v) is 3.98. The van der Waals surface area contributed by atoms with E-state index in [9.17, 15) is 4.79 Å². The Hall–Kier alpha value is -1.44. The van der Waals surface area contributed by atoms with Gasteiger partial charge in [-0.15, -0.1) is 0 Å². The molecule has 23 heavy (non-hydrogen) atoms. The molecule has 7 nitrogen and oxygen atoms in total. The monoisotopic (exact) mass is 323 g/mol. The van der Waals surface area contributed by atoms with Crippen LogP contribution in [0.1, 0.15) is 26.5 Å². The quantitative estimate of drug-likeness (QED) is 0.825. The number of aryl methyl sites for hydroxylation is 1. The summed E-state index contributed by atoms with van der Waals surface area (Å²) < 4.78 is 1.86. The number of aromatic nitrogens is 2. The molecule has 1 aromatic rings. The first kappa shape index (κ1) is 17.9. The Morgan fingerprint density at radius 1 is 1.26 bits per heavy atom. The number of nitrogens with zero attached hydrogens (tertiary/aromatic N) is 4. The van der Waals surface area contributed by atoms with Crippen molar-refractivity contribution in [2.24, 2.45) is 0 Å². The molecule has 2 heterocycles. The number of β-amino-alcohol motifs (C(OH)–C–C–N with tert-alkyl or cyclic N) is 1. The van der Waals surface area contributed by atoms with E-state index in [1.807, 2.05) is 17.7 Å². The van der Waals surface area contributed by atoms with Gasteiger partial charge in [-0.3, -0.25) is 14.6 Å². The molecule has 130 valence electrons. The lowest BCUT2D eigenvalue weighted by Crippen LogP contribution is -2.49. The number of rotatable bonds is 5. The van der Waals surface area contributed by atoms with Crippen LogP contribution in [0, 0.1) is 6.92 Å². The topological polar surface area (TPSA) is 73.6 Å². The van der Waals surface area contributed by atoms with Gasteiger partial charge in [0.1, 0.15) is 5.82 Å². The highest BCUT2D eigenvalue weighted by molar-refractivity contribution is 5.91. The van der Waals surface area contributed by atoms with Gasteiger partial charge in [0.15, 0.2) is 0 Å². The van der Waals surface area contributed by atoms with E-state index in [-0.39, 0.29) is 18.1 Å². The molecule has 1 aliphatic heterocycles. The number of anilines is 1. The van der Waals surface area contributed by atoms with Crippen LogP contribution >= 0.6 is 0 Å². The number of carbonyl (C=O) groups excluding carboxylic acids is 1. The van der Waals surface area contributed by atoms with Crippen molar-refractivity contribution in [3.63, 3.8) is 0 Å². The van der Waals surface area contributed by atoms with Crippen LogP contribution in [-0.2, 0) is 10.3 Å². The second-order valence-electron chi connectivity index (χ2n) is 7.14. The van der Waals surface area contributed by atoms with Crippen LogP contribution in [0.25, 0.3) is 0 Å². The van der Waals surface area contributed by atoms with Crippen molar-refractivity contribution in [1.82, 2.24) is 19.6 Å². The van der Waals surface area contributed by atoms with E-state index in [0.717, 1.165) is 37.7 Å². The zero-order valence-corrected chi connectivity index (χ0v) is 14.7. The fraction of sp³-hybridized carbons (Fsp3) is 0.750. The molecular weight excluding hydrogens is 294 g/mol. The largest absolute Gasteiger partial charge is 0.395 e. The number of aliphatic hydroxyl groups excluding tert-OH is 1. The lowest BCUT2D eigenvalue weighted by Gasteiger charge is -2.33. The van der Waals surface area contributed by atoms with Gasteiger partial charge >= 0.3 is 0 Å². The van der Waals surface area contributed by atoms with Gasteiger partial charge < -0.3 is 10.4 Å². The van der Waals surface area contributed by atoms with Crippen LogP contribution in [0.2, 0.25) is 0 Å². The number of piperazine rings is 1. The van der Waals surface area contributed by atoms with Crippen molar-refractivity contribution in [1.29, 1.82) is 0 Å². The molecule has 0 aromatic carbocycles. The summed E-state index contributed by atoms with van der Waals surface area (Å²) >= 11 is 0. The number of amides is 1. The molecule has 1 amide bonds. The SMILES string of the molecule is Cc1cc(NC(=O)CN2CCN(CCO)CC2)n(C(C)(C)C)n1. The predicted octanol–water partition coefficient (Wildman–Crippen LogP) is 0.495. The maximum Gasteiger partial charge on any atom is 0.239 e. The number of aliphatic hydroxyl groups is 1. The Morgan fingerprint density at radius 3 is 2.43 bits per heavy atom. The van der Waals surface area contributed by atoms with Crippen LogP contribution in [0.5, 0.6) is 0 Å².